The first-order valence-corrected chi connectivity index (χ1v) is 7.09. The van der Waals surface area contributed by atoms with Crippen LogP contribution in [-0.2, 0) is 4.79 Å². The highest BCUT2D eigenvalue weighted by Gasteiger charge is 2.30. The summed E-state index contributed by atoms with van der Waals surface area (Å²) in [4.78, 5) is 13.5. The molecule has 1 N–H and O–H groups in total. The molecule has 3 nitrogen and oxygen atoms in total. The van der Waals surface area contributed by atoms with Crippen LogP contribution in [0.25, 0.3) is 0 Å². The fourth-order valence-corrected chi connectivity index (χ4v) is 3.02. The zero-order chi connectivity index (χ0) is 13.8. The molecule has 1 saturated carbocycles. The SMILES string of the molecule is CN(C)c1ccc(C2CCCCCC2C(=O)O)cc1. The van der Waals surface area contributed by atoms with Crippen molar-refractivity contribution in [1.82, 2.24) is 0 Å². The van der Waals surface area contributed by atoms with E-state index in [2.05, 4.69) is 29.2 Å². The lowest BCUT2D eigenvalue weighted by atomic mass is 9.82. The van der Waals surface area contributed by atoms with Gasteiger partial charge in [-0.2, -0.15) is 0 Å². The lowest BCUT2D eigenvalue weighted by Gasteiger charge is -2.23. The summed E-state index contributed by atoms with van der Waals surface area (Å²) >= 11 is 0. The summed E-state index contributed by atoms with van der Waals surface area (Å²) < 4.78 is 0. The standard InChI is InChI=1S/C16H23NO2/c1-17(2)13-10-8-12(9-11-13)14-6-4-3-5-7-15(14)16(18)19/h8-11,14-15H,3-7H2,1-2H3,(H,18,19). The van der Waals surface area contributed by atoms with Crippen LogP contribution in [0.15, 0.2) is 24.3 Å². The largest absolute Gasteiger partial charge is 0.481 e. The maximum Gasteiger partial charge on any atom is 0.307 e. The first kappa shape index (κ1) is 13.9. The second-order valence-electron chi connectivity index (χ2n) is 5.68. The Morgan fingerprint density at radius 3 is 2.32 bits per heavy atom. The molecule has 2 unspecified atom stereocenters. The van der Waals surface area contributed by atoms with E-state index < -0.39 is 5.97 Å². The van der Waals surface area contributed by atoms with Crippen LogP contribution >= 0.6 is 0 Å². The molecule has 19 heavy (non-hydrogen) atoms. The van der Waals surface area contributed by atoms with Crippen molar-refractivity contribution < 1.29 is 9.90 Å². The molecule has 0 saturated heterocycles. The third kappa shape index (κ3) is 3.28. The molecule has 0 aromatic heterocycles. The molecule has 0 bridgehead atoms. The summed E-state index contributed by atoms with van der Waals surface area (Å²) in [6.45, 7) is 0. The molecule has 0 heterocycles. The lowest BCUT2D eigenvalue weighted by molar-refractivity contribution is -0.142. The van der Waals surface area contributed by atoms with Crippen molar-refractivity contribution in [3.8, 4) is 0 Å². The summed E-state index contributed by atoms with van der Waals surface area (Å²) in [5.74, 6) is -0.674. The summed E-state index contributed by atoms with van der Waals surface area (Å²) in [6, 6.07) is 8.36. The molecular weight excluding hydrogens is 238 g/mol. The monoisotopic (exact) mass is 261 g/mol. The number of hydrogen-bond acceptors (Lipinski definition) is 2. The van der Waals surface area contributed by atoms with Gasteiger partial charge in [-0.25, -0.2) is 0 Å². The Labute approximate surface area is 115 Å². The van der Waals surface area contributed by atoms with Gasteiger partial charge in [0, 0.05) is 19.8 Å². The highest BCUT2D eigenvalue weighted by molar-refractivity contribution is 5.71. The van der Waals surface area contributed by atoms with Crippen molar-refractivity contribution in [3.05, 3.63) is 29.8 Å². The molecule has 1 fully saturated rings. The van der Waals surface area contributed by atoms with Gasteiger partial charge in [-0.1, -0.05) is 31.4 Å². The van der Waals surface area contributed by atoms with Crippen molar-refractivity contribution in [3.63, 3.8) is 0 Å². The molecule has 1 aromatic carbocycles. The molecule has 1 aromatic rings. The minimum absolute atomic E-state index is 0.177. The summed E-state index contributed by atoms with van der Waals surface area (Å²) in [6.07, 6.45) is 5.16. The highest BCUT2D eigenvalue weighted by atomic mass is 16.4. The average molecular weight is 261 g/mol. The van der Waals surface area contributed by atoms with Crippen molar-refractivity contribution in [1.29, 1.82) is 0 Å². The first-order chi connectivity index (χ1) is 9.09. The molecule has 3 heteroatoms. The number of nitrogens with zero attached hydrogens (tertiary/aromatic N) is 1. The summed E-state index contributed by atoms with van der Waals surface area (Å²) in [7, 11) is 4.03. The van der Waals surface area contributed by atoms with Crippen LogP contribution in [0.4, 0.5) is 5.69 Å². The summed E-state index contributed by atoms with van der Waals surface area (Å²) in [5, 5.41) is 9.43. The Bertz CT molecular complexity index is 425. The third-order valence-electron chi connectivity index (χ3n) is 4.17. The third-order valence-corrected chi connectivity index (χ3v) is 4.17. The molecule has 1 aliphatic rings. The minimum atomic E-state index is -0.636. The van der Waals surface area contributed by atoms with Crippen LogP contribution in [-0.4, -0.2) is 25.2 Å². The Morgan fingerprint density at radius 2 is 1.74 bits per heavy atom. The van der Waals surface area contributed by atoms with Crippen molar-refractivity contribution in [2.45, 2.75) is 38.0 Å². The summed E-state index contributed by atoms with van der Waals surface area (Å²) in [5.41, 5.74) is 2.34. The number of carboxylic acid groups (broad SMARTS) is 1. The smallest absolute Gasteiger partial charge is 0.307 e. The van der Waals surface area contributed by atoms with Crippen LogP contribution in [0.2, 0.25) is 0 Å². The van der Waals surface area contributed by atoms with Gasteiger partial charge in [-0.15, -0.1) is 0 Å². The molecule has 1 aliphatic carbocycles. The number of benzene rings is 1. The topological polar surface area (TPSA) is 40.5 Å². The van der Waals surface area contributed by atoms with Crippen LogP contribution in [0.1, 0.15) is 43.6 Å². The number of aliphatic carboxylic acids is 1. The normalized spacial score (nSPS) is 23.7. The number of anilines is 1. The van der Waals surface area contributed by atoms with Crippen LogP contribution < -0.4 is 4.90 Å². The van der Waals surface area contributed by atoms with E-state index in [1.54, 1.807) is 0 Å². The zero-order valence-corrected chi connectivity index (χ0v) is 11.8. The maximum absolute atomic E-state index is 11.5. The van der Waals surface area contributed by atoms with Crippen molar-refractivity contribution in [2.24, 2.45) is 5.92 Å². The molecule has 0 aliphatic heterocycles. The van der Waals surface area contributed by atoms with Crippen molar-refractivity contribution >= 4 is 11.7 Å². The van der Waals surface area contributed by atoms with Gasteiger partial charge in [0.1, 0.15) is 0 Å². The van der Waals surface area contributed by atoms with Crippen LogP contribution in [0.3, 0.4) is 0 Å². The van der Waals surface area contributed by atoms with E-state index in [4.69, 9.17) is 0 Å². The van der Waals surface area contributed by atoms with Gasteiger partial charge < -0.3 is 10.0 Å². The average Bonchev–Trinajstić information content (AvgIpc) is 2.64. The Balaban J connectivity index is 2.23. The van der Waals surface area contributed by atoms with E-state index in [1.165, 1.54) is 5.56 Å². The Hall–Kier alpha value is -1.51. The second kappa shape index (κ2) is 6.09. The van der Waals surface area contributed by atoms with Gasteiger partial charge in [0.15, 0.2) is 0 Å². The van der Waals surface area contributed by atoms with Gasteiger partial charge >= 0.3 is 5.97 Å². The fraction of sp³-hybridized carbons (Fsp3) is 0.562. The molecule has 0 spiro atoms. The van der Waals surface area contributed by atoms with Crippen LogP contribution in [0.5, 0.6) is 0 Å². The fourth-order valence-electron chi connectivity index (χ4n) is 3.02. The lowest BCUT2D eigenvalue weighted by Crippen LogP contribution is -2.21. The van der Waals surface area contributed by atoms with Crippen molar-refractivity contribution in [2.75, 3.05) is 19.0 Å². The number of hydrogen-bond donors (Lipinski definition) is 1. The van der Waals surface area contributed by atoms with Gasteiger partial charge in [0.25, 0.3) is 0 Å². The van der Waals surface area contributed by atoms with E-state index in [-0.39, 0.29) is 11.8 Å². The Morgan fingerprint density at radius 1 is 1.11 bits per heavy atom. The highest BCUT2D eigenvalue weighted by Crippen LogP contribution is 2.37. The molecule has 2 atom stereocenters. The quantitative estimate of drug-likeness (QED) is 0.847. The maximum atomic E-state index is 11.5. The second-order valence-corrected chi connectivity index (χ2v) is 5.68. The van der Waals surface area contributed by atoms with E-state index in [0.29, 0.717) is 0 Å². The first-order valence-electron chi connectivity index (χ1n) is 7.09. The minimum Gasteiger partial charge on any atom is -0.481 e. The van der Waals surface area contributed by atoms with Gasteiger partial charge in [0.2, 0.25) is 0 Å². The molecule has 0 radical (unpaired) electrons. The van der Waals surface area contributed by atoms with Gasteiger partial charge in [0.05, 0.1) is 5.92 Å². The van der Waals surface area contributed by atoms with E-state index in [1.807, 2.05) is 14.1 Å². The molecule has 2 rings (SSSR count). The van der Waals surface area contributed by atoms with Gasteiger partial charge in [-0.05, 0) is 36.5 Å². The predicted octanol–water partition coefficient (Wildman–Crippen LogP) is 3.50. The van der Waals surface area contributed by atoms with E-state index in [9.17, 15) is 9.90 Å². The number of rotatable bonds is 3. The Kier molecular flexibility index (Phi) is 4.46. The van der Waals surface area contributed by atoms with Crippen LogP contribution in [0, 0.1) is 5.92 Å². The molecule has 0 amide bonds. The molecule has 104 valence electrons. The van der Waals surface area contributed by atoms with E-state index in [0.717, 1.165) is 37.8 Å². The number of carbonyl (C=O) groups is 1. The van der Waals surface area contributed by atoms with E-state index >= 15 is 0 Å². The van der Waals surface area contributed by atoms with Gasteiger partial charge in [-0.3, -0.25) is 4.79 Å². The molecular formula is C16H23NO2. The zero-order valence-electron chi connectivity index (χ0n) is 11.8. The predicted molar refractivity (Wildman–Crippen MR) is 77.7 cm³/mol. The number of carboxylic acids is 1.